The molecule has 0 saturated carbocycles. The third-order valence-corrected chi connectivity index (χ3v) is 5.37. The standard InChI is InChI=1S/C21H24N4OS/c1-6-15-9-18(24-26)16(12(2)3)10-17(15)20-11-23-21(27)25(20)19-7-8-22-14(5)13(19)4/h7-12H,6H2,1-5H3,(H,23,27). The number of pyridine rings is 1. The van der Waals surface area contributed by atoms with Crippen LogP contribution in [-0.4, -0.2) is 14.5 Å². The van der Waals surface area contributed by atoms with Gasteiger partial charge < -0.3 is 4.98 Å². The second-order valence-corrected chi connectivity index (χ2v) is 7.41. The van der Waals surface area contributed by atoms with Gasteiger partial charge in [0.2, 0.25) is 0 Å². The van der Waals surface area contributed by atoms with E-state index in [0.29, 0.717) is 10.5 Å². The van der Waals surface area contributed by atoms with Crippen molar-refractivity contribution < 1.29 is 0 Å². The van der Waals surface area contributed by atoms with Crippen LogP contribution < -0.4 is 0 Å². The molecule has 0 fully saturated rings. The van der Waals surface area contributed by atoms with Gasteiger partial charge in [-0.3, -0.25) is 9.55 Å². The number of hydrogen-bond donors (Lipinski definition) is 1. The van der Waals surface area contributed by atoms with Crippen LogP contribution in [0.5, 0.6) is 0 Å². The normalized spacial score (nSPS) is 11.2. The third kappa shape index (κ3) is 3.37. The lowest BCUT2D eigenvalue weighted by molar-refractivity contribution is 0.864. The van der Waals surface area contributed by atoms with Crippen molar-refractivity contribution in [1.82, 2.24) is 14.5 Å². The first-order valence-electron chi connectivity index (χ1n) is 9.12. The Morgan fingerprint density at radius 2 is 2.04 bits per heavy atom. The molecule has 140 valence electrons. The Labute approximate surface area is 164 Å². The summed E-state index contributed by atoms with van der Waals surface area (Å²) in [6.45, 7) is 10.3. The quantitative estimate of drug-likeness (QED) is 0.417. The minimum Gasteiger partial charge on any atom is -0.336 e. The Morgan fingerprint density at radius 3 is 2.67 bits per heavy atom. The first-order valence-corrected chi connectivity index (χ1v) is 9.53. The highest BCUT2D eigenvalue weighted by Gasteiger charge is 2.18. The Hall–Kier alpha value is -2.60. The number of rotatable bonds is 5. The van der Waals surface area contributed by atoms with Crippen molar-refractivity contribution in [2.45, 2.75) is 47.0 Å². The zero-order valence-electron chi connectivity index (χ0n) is 16.3. The molecule has 5 nitrogen and oxygen atoms in total. The van der Waals surface area contributed by atoms with Crippen molar-refractivity contribution in [2.24, 2.45) is 5.18 Å². The molecular formula is C21H24N4OS. The summed E-state index contributed by atoms with van der Waals surface area (Å²) >= 11 is 5.59. The summed E-state index contributed by atoms with van der Waals surface area (Å²) in [6, 6.07) is 5.96. The molecule has 27 heavy (non-hydrogen) atoms. The minimum absolute atomic E-state index is 0.197. The number of nitroso groups, excluding NO2 is 1. The SMILES string of the molecule is CCc1cc(N=O)c(C(C)C)cc1-c1c[nH]c(=S)n1-c1ccnc(C)c1C. The van der Waals surface area contributed by atoms with Crippen molar-refractivity contribution in [3.05, 3.63) is 62.7 Å². The first-order chi connectivity index (χ1) is 12.9. The van der Waals surface area contributed by atoms with Crippen LogP contribution in [0.25, 0.3) is 16.9 Å². The molecule has 2 heterocycles. The Balaban J connectivity index is 2.34. The number of nitrogens with zero attached hydrogens (tertiary/aromatic N) is 3. The van der Waals surface area contributed by atoms with Gasteiger partial charge in [-0.05, 0) is 78.5 Å². The largest absolute Gasteiger partial charge is 0.336 e. The number of imidazole rings is 1. The van der Waals surface area contributed by atoms with Gasteiger partial charge in [-0.25, -0.2) is 0 Å². The molecule has 3 aromatic rings. The zero-order chi connectivity index (χ0) is 19.7. The van der Waals surface area contributed by atoms with E-state index in [0.717, 1.165) is 45.7 Å². The summed E-state index contributed by atoms with van der Waals surface area (Å²) in [5.41, 5.74) is 7.64. The molecule has 2 aromatic heterocycles. The third-order valence-electron chi connectivity index (χ3n) is 5.07. The second kappa shape index (κ2) is 7.56. The molecule has 6 heteroatoms. The van der Waals surface area contributed by atoms with Crippen molar-refractivity contribution in [2.75, 3.05) is 0 Å². The molecule has 0 aliphatic heterocycles. The number of aryl methyl sites for hydroxylation is 2. The van der Waals surface area contributed by atoms with E-state index in [1.165, 1.54) is 0 Å². The van der Waals surface area contributed by atoms with Crippen LogP contribution in [0, 0.1) is 23.5 Å². The number of aromatic nitrogens is 3. The molecule has 0 spiro atoms. The molecule has 0 amide bonds. The Morgan fingerprint density at radius 1 is 1.30 bits per heavy atom. The van der Waals surface area contributed by atoms with E-state index in [1.807, 2.05) is 29.8 Å². The predicted octanol–water partition coefficient (Wildman–Crippen LogP) is 6.30. The van der Waals surface area contributed by atoms with Gasteiger partial charge >= 0.3 is 0 Å². The lowest BCUT2D eigenvalue weighted by Gasteiger charge is -2.17. The molecule has 0 atom stereocenters. The van der Waals surface area contributed by atoms with Crippen molar-refractivity contribution >= 4 is 17.9 Å². The van der Waals surface area contributed by atoms with Crippen molar-refractivity contribution in [1.29, 1.82) is 0 Å². The smallest absolute Gasteiger partial charge is 0.182 e. The highest BCUT2D eigenvalue weighted by atomic mass is 32.1. The summed E-state index contributed by atoms with van der Waals surface area (Å²) in [6.07, 6.45) is 4.53. The Kier molecular flexibility index (Phi) is 5.37. The molecule has 0 aliphatic rings. The van der Waals surface area contributed by atoms with Crippen LogP contribution in [0.15, 0.2) is 35.8 Å². The number of benzene rings is 1. The molecule has 0 aliphatic carbocycles. The van der Waals surface area contributed by atoms with Gasteiger partial charge in [0, 0.05) is 23.7 Å². The van der Waals surface area contributed by atoms with Crippen molar-refractivity contribution in [3.8, 4) is 16.9 Å². The van der Waals surface area contributed by atoms with Crippen LogP contribution in [0.2, 0.25) is 0 Å². The first kappa shape index (κ1) is 19.2. The fraction of sp³-hybridized carbons (Fsp3) is 0.333. The highest BCUT2D eigenvalue weighted by molar-refractivity contribution is 7.71. The maximum Gasteiger partial charge on any atom is 0.182 e. The summed E-state index contributed by atoms with van der Waals surface area (Å²) < 4.78 is 2.68. The minimum atomic E-state index is 0.197. The van der Waals surface area contributed by atoms with Crippen LogP contribution >= 0.6 is 12.2 Å². The van der Waals surface area contributed by atoms with Gasteiger partial charge in [0.05, 0.1) is 11.4 Å². The van der Waals surface area contributed by atoms with Crippen LogP contribution in [0.3, 0.4) is 0 Å². The second-order valence-electron chi connectivity index (χ2n) is 7.02. The summed E-state index contributed by atoms with van der Waals surface area (Å²) in [7, 11) is 0. The fourth-order valence-electron chi connectivity index (χ4n) is 3.40. The molecule has 0 saturated heterocycles. The van der Waals surface area contributed by atoms with E-state index in [9.17, 15) is 4.91 Å². The summed E-state index contributed by atoms with van der Waals surface area (Å²) in [4.78, 5) is 18.9. The summed E-state index contributed by atoms with van der Waals surface area (Å²) in [5, 5.41) is 3.25. The lowest BCUT2D eigenvalue weighted by atomic mass is 9.93. The molecule has 1 N–H and O–H groups in total. The lowest BCUT2D eigenvalue weighted by Crippen LogP contribution is -2.04. The topological polar surface area (TPSA) is 63.0 Å². The van der Waals surface area contributed by atoms with Gasteiger partial charge in [-0.2, -0.15) is 0 Å². The number of hydrogen-bond acceptors (Lipinski definition) is 4. The van der Waals surface area contributed by atoms with Gasteiger partial charge in [0.15, 0.2) is 4.77 Å². The summed E-state index contributed by atoms with van der Waals surface area (Å²) in [5.74, 6) is 0.197. The monoisotopic (exact) mass is 380 g/mol. The van der Waals surface area contributed by atoms with E-state index in [2.05, 4.69) is 48.9 Å². The number of aromatic amines is 1. The van der Waals surface area contributed by atoms with E-state index in [-0.39, 0.29) is 5.92 Å². The van der Waals surface area contributed by atoms with Gasteiger partial charge in [0.25, 0.3) is 0 Å². The van der Waals surface area contributed by atoms with Crippen LogP contribution in [0.4, 0.5) is 5.69 Å². The molecule has 1 aromatic carbocycles. The van der Waals surface area contributed by atoms with Gasteiger partial charge in [-0.15, -0.1) is 4.91 Å². The number of H-pyrrole nitrogens is 1. The maximum absolute atomic E-state index is 11.3. The highest BCUT2D eigenvalue weighted by Crippen LogP contribution is 2.36. The van der Waals surface area contributed by atoms with E-state index in [4.69, 9.17) is 12.2 Å². The molecule has 0 unspecified atom stereocenters. The maximum atomic E-state index is 11.3. The molecule has 0 radical (unpaired) electrons. The number of nitrogens with one attached hydrogen (secondary N) is 1. The fourth-order valence-corrected chi connectivity index (χ4v) is 3.65. The van der Waals surface area contributed by atoms with Crippen LogP contribution in [0.1, 0.15) is 49.1 Å². The molecular weight excluding hydrogens is 356 g/mol. The Bertz CT molecular complexity index is 1060. The van der Waals surface area contributed by atoms with Gasteiger partial charge in [-0.1, -0.05) is 20.8 Å². The van der Waals surface area contributed by atoms with E-state index < -0.39 is 0 Å². The average molecular weight is 381 g/mol. The zero-order valence-corrected chi connectivity index (χ0v) is 17.1. The molecule has 0 bridgehead atoms. The molecule has 3 rings (SSSR count). The van der Waals surface area contributed by atoms with E-state index in [1.54, 1.807) is 6.20 Å². The van der Waals surface area contributed by atoms with Gasteiger partial charge in [0.1, 0.15) is 5.69 Å². The average Bonchev–Trinajstić information content (AvgIpc) is 3.03. The van der Waals surface area contributed by atoms with E-state index >= 15 is 0 Å². The predicted molar refractivity (Wildman–Crippen MR) is 113 cm³/mol. The van der Waals surface area contributed by atoms with Crippen molar-refractivity contribution in [3.63, 3.8) is 0 Å². The van der Waals surface area contributed by atoms with Crippen LogP contribution in [-0.2, 0) is 6.42 Å².